The Morgan fingerprint density at radius 1 is 1.14 bits per heavy atom. The first-order valence-electron chi connectivity index (χ1n) is 9.92. The third-order valence-corrected chi connectivity index (χ3v) is 7.27. The molecule has 1 atom stereocenters. The molecule has 2 aromatic rings. The molecule has 7 heteroatoms. The first-order chi connectivity index (χ1) is 13.9. The largest absolute Gasteiger partial charge is 0.496 e. The van der Waals surface area contributed by atoms with E-state index >= 15 is 0 Å². The van der Waals surface area contributed by atoms with Gasteiger partial charge in [-0.25, -0.2) is 8.42 Å². The zero-order valence-corrected chi connectivity index (χ0v) is 18.0. The molecule has 29 heavy (non-hydrogen) atoms. The van der Waals surface area contributed by atoms with Gasteiger partial charge < -0.3 is 10.1 Å². The van der Waals surface area contributed by atoms with Gasteiger partial charge in [-0.2, -0.15) is 4.31 Å². The van der Waals surface area contributed by atoms with E-state index in [-0.39, 0.29) is 16.8 Å². The number of carbonyl (C=O) groups is 1. The zero-order chi connectivity index (χ0) is 21.0. The first-order valence-corrected chi connectivity index (χ1v) is 11.4. The van der Waals surface area contributed by atoms with Crippen LogP contribution >= 0.6 is 0 Å². The van der Waals surface area contributed by atoms with Crippen molar-refractivity contribution in [2.75, 3.05) is 20.2 Å². The average Bonchev–Trinajstić information content (AvgIpc) is 3.27. The van der Waals surface area contributed by atoms with E-state index in [0.29, 0.717) is 18.7 Å². The van der Waals surface area contributed by atoms with E-state index in [1.54, 1.807) is 19.2 Å². The van der Waals surface area contributed by atoms with Gasteiger partial charge in [0.05, 0.1) is 18.0 Å². The van der Waals surface area contributed by atoms with Gasteiger partial charge in [-0.05, 0) is 67.6 Å². The van der Waals surface area contributed by atoms with Gasteiger partial charge in [0.2, 0.25) is 10.0 Å². The molecule has 156 valence electrons. The first kappa shape index (κ1) is 21.3. The molecular weight excluding hydrogens is 388 g/mol. The van der Waals surface area contributed by atoms with Crippen LogP contribution in [-0.4, -0.2) is 38.8 Å². The number of amides is 1. The third-order valence-electron chi connectivity index (χ3n) is 5.35. The number of nitrogens with zero attached hydrogens (tertiary/aromatic N) is 1. The maximum Gasteiger partial charge on any atom is 0.251 e. The molecule has 1 fully saturated rings. The highest BCUT2D eigenvalue weighted by atomic mass is 32.2. The minimum absolute atomic E-state index is 0.139. The van der Waals surface area contributed by atoms with E-state index < -0.39 is 10.0 Å². The minimum Gasteiger partial charge on any atom is -0.496 e. The Labute approximate surface area is 172 Å². The second kappa shape index (κ2) is 8.97. The molecule has 0 saturated carbocycles. The fourth-order valence-corrected chi connectivity index (χ4v) is 5.15. The molecule has 0 radical (unpaired) electrons. The number of benzene rings is 2. The summed E-state index contributed by atoms with van der Waals surface area (Å²) in [6.45, 7) is 5.10. The maximum absolute atomic E-state index is 12.7. The molecule has 1 aliphatic heterocycles. The molecule has 1 heterocycles. The van der Waals surface area contributed by atoms with Gasteiger partial charge in [-0.1, -0.05) is 19.1 Å². The highest BCUT2D eigenvalue weighted by molar-refractivity contribution is 7.89. The summed E-state index contributed by atoms with van der Waals surface area (Å²) in [6, 6.07) is 11.9. The van der Waals surface area contributed by atoms with Crippen LogP contribution in [0.1, 0.15) is 53.7 Å². The smallest absolute Gasteiger partial charge is 0.251 e. The molecule has 1 amide bonds. The fraction of sp³-hybridized carbons (Fsp3) is 0.409. The summed E-state index contributed by atoms with van der Waals surface area (Å²) in [6.07, 6.45) is 2.52. The van der Waals surface area contributed by atoms with Crippen LogP contribution in [-0.2, 0) is 10.0 Å². The molecule has 0 spiro atoms. The number of ether oxygens (including phenoxy) is 1. The molecule has 1 saturated heterocycles. The highest BCUT2D eigenvalue weighted by Gasteiger charge is 2.27. The van der Waals surface area contributed by atoms with Crippen LogP contribution in [0, 0.1) is 6.92 Å². The quantitative estimate of drug-likeness (QED) is 0.747. The summed E-state index contributed by atoms with van der Waals surface area (Å²) in [7, 11) is -1.84. The number of rotatable bonds is 7. The lowest BCUT2D eigenvalue weighted by Gasteiger charge is -2.19. The number of sulfonamides is 1. The predicted molar refractivity (Wildman–Crippen MR) is 113 cm³/mol. The van der Waals surface area contributed by atoms with Crippen LogP contribution in [0.5, 0.6) is 5.75 Å². The van der Waals surface area contributed by atoms with Crippen LogP contribution < -0.4 is 10.1 Å². The van der Waals surface area contributed by atoms with Crippen LogP contribution in [0.25, 0.3) is 0 Å². The normalized spacial score (nSPS) is 15.8. The SMILES string of the molecule is CC[C@H](NC(=O)c1ccc(S(=O)(=O)N2CCCC2)cc1)c1ccc(OC)c(C)c1. The average molecular weight is 417 g/mol. The summed E-state index contributed by atoms with van der Waals surface area (Å²) in [5.41, 5.74) is 2.45. The Morgan fingerprint density at radius 3 is 2.34 bits per heavy atom. The van der Waals surface area contributed by atoms with Crippen LogP contribution in [0.2, 0.25) is 0 Å². The summed E-state index contributed by atoms with van der Waals surface area (Å²) in [4.78, 5) is 12.9. The van der Waals surface area contributed by atoms with E-state index in [0.717, 1.165) is 36.1 Å². The van der Waals surface area contributed by atoms with Crippen LogP contribution in [0.3, 0.4) is 0 Å². The zero-order valence-electron chi connectivity index (χ0n) is 17.1. The van der Waals surface area contributed by atoms with E-state index in [1.165, 1.54) is 16.4 Å². The number of carbonyl (C=O) groups excluding carboxylic acids is 1. The third kappa shape index (κ3) is 4.62. The Kier molecular flexibility index (Phi) is 6.59. The van der Waals surface area contributed by atoms with E-state index in [1.807, 2.05) is 32.0 Å². The number of methoxy groups -OCH3 is 1. The summed E-state index contributed by atoms with van der Waals surface area (Å²) in [5.74, 6) is 0.583. The van der Waals surface area contributed by atoms with Crippen molar-refractivity contribution in [1.82, 2.24) is 9.62 Å². The van der Waals surface area contributed by atoms with Gasteiger partial charge in [-0.15, -0.1) is 0 Å². The summed E-state index contributed by atoms with van der Waals surface area (Å²) in [5, 5.41) is 3.04. The van der Waals surface area contributed by atoms with Crippen LogP contribution in [0.4, 0.5) is 0 Å². The minimum atomic E-state index is -3.47. The molecule has 6 nitrogen and oxygen atoms in total. The highest BCUT2D eigenvalue weighted by Crippen LogP contribution is 2.25. The molecule has 1 aliphatic rings. The topological polar surface area (TPSA) is 75.7 Å². The Bertz CT molecular complexity index is 965. The van der Waals surface area contributed by atoms with Crippen molar-refractivity contribution in [1.29, 1.82) is 0 Å². The lowest BCUT2D eigenvalue weighted by Crippen LogP contribution is -2.29. The molecule has 3 rings (SSSR count). The predicted octanol–water partition coefficient (Wildman–Crippen LogP) is 3.67. The van der Waals surface area contributed by atoms with Gasteiger partial charge in [0.1, 0.15) is 5.75 Å². The number of aryl methyl sites for hydroxylation is 1. The monoisotopic (exact) mass is 416 g/mol. The van der Waals surface area contributed by atoms with Gasteiger partial charge in [0.15, 0.2) is 0 Å². The molecule has 2 aromatic carbocycles. The van der Waals surface area contributed by atoms with Gasteiger partial charge >= 0.3 is 0 Å². The molecule has 0 aromatic heterocycles. The maximum atomic E-state index is 12.7. The van der Waals surface area contributed by atoms with Crippen molar-refractivity contribution in [2.45, 2.75) is 44.0 Å². The van der Waals surface area contributed by atoms with Gasteiger partial charge in [0, 0.05) is 18.7 Å². The lowest BCUT2D eigenvalue weighted by molar-refractivity contribution is 0.0935. The standard InChI is InChI=1S/C22H28N2O4S/c1-4-20(18-9-12-21(28-3)16(2)15-18)23-22(25)17-7-10-19(11-8-17)29(26,27)24-13-5-6-14-24/h7-12,15,20H,4-6,13-14H2,1-3H3,(H,23,25)/t20-/m0/s1. The number of hydrogen-bond donors (Lipinski definition) is 1. The summed E-state index contributed by atoms with van der Waals surface area (Å²) >= 11 is 0. The Balaban J connectivity index is 1.73. The second-order valence-electron chi connectivity index (χ2n) is 7.30. The molecule has 0 unspecified atom stereocenters. The second-order valence-corrected chi connectivity index (χ2v) is 9.24. The lowest BCUT2D eigenvalue weighted by atomic mass is 10.0. The number of hydrogen-bond acceptors (Lipinski definition) is 4. The van der Waals surface area contributed by atoms with Crippen molar-refractivity contribution in [3.63, 3.8) is 0 Å². The van der Waals surface area contributed by atoms with E-state index in [9.17, 15) is 13.2 Å². The van der Waals surface area contributed by atoms with Gasteiger partial charge in [-0.3, -0.25) is 4.79 Å². The van der Waals surface area contributed by atoms with Crippen molar-refractivity contribution in [3.8, 4) is 5.75 Å². The van der Waals surface area contributed by atoms with Crippen molar-refractivity contribution in [3.05, 3.63) is 59.2 Å². The van der Waals surface area contributed by atoms with Crippen molar-refractivity contribution in [2.24, 2.45) is 0 Å². The van der Waals surface area contributed by atoms with Crippen molar-refractivity contribution < 1.29 is 17.9 Å². The summed E-state index contributed by atoms with van der Waals surface area (Å²) < 4.78 is 32.0. The molecule has 1 N–H and O–H groups in total. The molecule has 0 bridgehead atoms. The molecule has 0 aliphatic carbocycles. The van der Waals surface area contributed by atoms with Crippen molar-refractivity contribution >= 4 is 15.9 Å². The number of nitrogens with one attached hydrogen (secondary N) is 1. The van der Waals surface area contributed by atoms with E-state index in [4.69, 9.17) is 4.74 Å². The van der Waals surface area contributed by atoms with Crippen LogP contribution in [0.15, 0.2) is 47.4 Å². The Hall–Kier alpha value is -2.38. The van der Waals surface area contributed by atoms with Gasteiger partial charge in [0.25, 0.3) is 5.91 Å². The fourth-order valence-electron chi connectivity index (χ4n) is 3.64. The molecular formula is C22H28N2O4S. The van der Waals surface area contributed by atoms with E-state index in [2.05, 4.69) is 5.32 Å². The Morgan fingerprint density at radius 2 is 1.79 bits per heavy atom.